The third kappa shape index (κ3) is 5.13. The van der Waals surface area contributed by atoms with Gasteiger partial charge in [-0.05, 0) is 61.4 Å². The number of nitrogens with zero attached hydrogens (tertiary/aromatic N) is 4. The number of hydrogen-bond acceptors (Lipinski definition) is 5. The van der Waals surface area contributed by atoms with Crippen molar-refractivity contribution >= 4 is 5.91 Å². The van der Waals surface area contributed by atoms with Crippen LogP contribution in [0.2, 0.25) is 0 Å². The number of aromatic nitrogens is 4. The first-order valence-corrected chi connectivity index (χ1v) is 11.1. The average Bonchev–Trinajstić information content (AvgIpc) is 2.83. The maximum atomic E-state index is 12.3. The first-order valence-electron chi connectivity index (χ1n) is 11.1. The molecule has 1 amide bonds. The number of amides is 1. The van der Waals surface area contributed by atoms with Gasteiger partial charge in [0, 0.05) is 48.7 Å². The van der Waals surface area contributed by atoms with E-state index in [-0.39, 0.29) is 5.91 Å². The van der Waals surface area contributed by atoms with Crippen LogP contribution in [0.25, 0.3) is 11.1 Å². The topological polar surface area (TPSA) is 80.7 Å². The van der Waals surface area contributed by atoms with Gasteiger partial charge in [-0.25, -0.2) is 9.97 Å². The van der Waals surface area contributed by atoms with Gasteiger partial charge in [-0.2, -0.15) is 0 Å². The van der Waals surface area contributed by atoms with Gasteiger partial charge in [-0.3, -0.25) is 14.8 Å². The van der Waals surface area contributed by atoms with E-state index in [9.17, 15) is 4.79 Å². The second kappa shape index (κ2) is 9.77. The SMILES string of the molecule is CC(C)c1ncc(-c2ccncc2)c(C2CCC(CNC(=O)c3ccccn3)CC2)n1. The van der Waals surface area contributed by atoms with Crippen LogP contribution in [0.4, 0.5) is 0 Å². The van der Waals surface area contributed by atoms with E-state index >= 15 is 0 Å². The highest BCUT2D eigenvalue weighted by atomic mass is 16.1. The molecular formula is C25H29N5O. The molecule has 0 radical (unpaired) electrons. The lowest BCUT2D eigenvalue weighted by Gasteiger charge is -2.29. The summed E-state index contributed by atoms with van der Waals surface area (Å²) in [6.45, 7) is 4.96. The van der Waals surface area contributed by atoms with Crippen molar-refractivity contribution < 1.29 is 4.79 Å². The van der Waals surface area contributed by atoms with E-state index in [0.29, 0.717) is 30.0 Å². The summed E-state index contributed by atoms with van der Waals surface area (Å²) in [6, 6.07) is 9.44. The summed E-state index contributed by atoms with van der Waals surface area (Å²) >= 11 is 0. The van der Waals surface area contributed by atoms with Crippen LogP contribution in [0.3, 0.4) is 0 Å². The molecule has 0 saturated heterocycles. The van der Waals surface area contributed by atoms with E-state index in [1.165, 1.54) is 0 Å². The predicted molar refractivity (Wildman–Crippen MR) is 121 cm³/mol. The Morgan fingerprint density at radius 3 is 2.48 bits per heavy atom. The molecule has 1 fully saturated rings. The lowest BCUT2D eigenvalue weighted by Crippen LogP contribution is -2.31. The van der Waals surface area contributed by atoms with Crippen LogP contribution in [0.1, 0.15) is 73.4 Å². The highest BCUT2D eigenvalue weighted by molar-refractivity contribution is 5.92. The Hall–Kier alpha value is -3.15. The zero-order valence-electron chi connectivity index (χ0n) is 18.2. The van der Waals surface area contributed by atoms with Crippen molar-refractivity contribution in [2.75, 3.05) is 6.54 Å². The van der Waals surface area contributed by atoms with Gasteiger partial charge >= 0.3 is 0 Å². The number of carbonyl (C=O) groups excluding carboxylic acids is 1. The van der Waals surface area contributed by atoms with Crippen molar-refractivity contribution in [2.24, 2.45) is 5.92 Å². The maximum absolute atomic E-state index is 12.3. The molecule has 0 spiro atoms. The largest absolute Gasteiger partial charge is 0.350 e. The van der Waals surface area contributed by atoms with E-state index < -0.39 is 0 Å². The molecule has 6 nitrogen and oxygen atoms in total. The first kappa shape index (κ1) is 21.1. The molecule has 1 N–H and O–H groups in total. The van der Waals surface area contributed by atoms with Crippen LogP contribution in [0.15, 0.2) is 55.1 Å². The predicted octanol–water partition coefficient (Wildman–Crippen LogP) is 4.76. The normalized spacial score (nSPS) is 18.7. The third-order valence-corrected chi connectivity index (χ3v) is 6.03. The lowest BCUT2D eigenvalue weighted by molar-refractivity contribution is 0.0938. The second-order valence-electron chi connectivity index (χ2n) is 8.56. The van der Waals surface area contributed by atoms with Crippen molar-refractivity contribution in [2.45, 2.75) is 51.4 Å². The molecule has 1 aliphatic carbocycles. The molecule has 4 rings (SSSR count). The average molecular weight is 416 g/mol. The van der Waals surface area contributed by atoms with Gasteiger partial charge in [0.15, 0.2) is 0 Å². The fourth-order valence-corrected chi connectivity index (χ4v) is 4.22. The fraction of sp³-hybridized carbons (Fsp3) is 0.400. The van der Waals surface area contributed by atoms with E-state index in [1.54, 1.807) is 12.3 Å². The molecule has 0 aliphatic heterocycles. The van der Waals surface area contributed by atoms with Gasteiger partial charge in [0.1, 0.15) is 11.5 Å². The van der Waals surface area contributed by atoms with Gasteiger partial charge in [0.05, 0.1) is 5.69 Å². The lowest BCUT2D eigenvalue weighted by atomic mass is 9.79. The van der Waals surface area contributed by atoms with Gasteiger partial charge in [-0.15, -0.1) is 0 Å². The summed E-state index contributed by atoms with van der Waals surface area (Å²) in [5.74, 6) is 1.99. The molecule has 0 bridgehead atoms. The quantitative estimate of drug-likeness (QED) is 0.628. The summed E-state index contributed by atoms with van der Waals surface area (Å²) in [5, 5.41) is 3.05. The molecule has 3 heterocycles. The van der Waals surface area contributed by atoms with Crippen LogP contribution in [0, 0.1) is 5.92 Å². The molecule has 160 valence electrons. The molecule has 0 atom stereocenters. The summed E-state index contributed by atoms with van der Waals surface area (Å²) in [7, 11) is 0. The number of pyridine rings is 2. The second-order valence-corrected chi connectivity index (χ2v) is 8.56. The van der Waals surface area contributed by atoms with E-state index in [2.05, 4.69) is 34.1 Å². The van der Waals surface area contributed by atoms with Crippen molar-refractivity contribution in [3.05, 3.63) is 72.3 Å². The van der Waals surface area contributed by atoms with E-state index in [0.717, 1.165) is 48.3 Å². The Balaban J connectivity index is 1.43. The van der Waals surface area contributed by atoms with E-state index in [1.807, 2.05) is 42.9 Å². The van der Waals surface area contributed by atoms with Crippen molar-refractivity contribution in [3.8, 4) is 11.1 Å². The molecule has 0 unspecified atom stereocenters. The zero-order valence-corrected chi connectivity index (χ0v) is 18.2. The van der Waals surface area contributed by atoms with Crippen molar-refractivity contribution in [1.82, 2.24) is 25.3 Å². The van der Waals surface area contributed by atoms with Gasteiger partial charge in [0.25, 0.3) is 5.91 Å². The van der Waals surface area contributed by atoms with Crippen molar-refractivity contribution in [3.63, 3.8) is 0 Å². The van der Waals surface area contributed by atoms with Crippen LogP contribution in [-0.4, -0.2) is 32.4 Å². The van der Waals surface area contributed by atoms with Crippen LogP contribution < -0.4 is 5.32 Å². The molecule has 3 aromatic rings. The van der Waals surface area contributed by atoms with Crippen molar-refractivity contribution in [1.29, 1.82) is 0 Å². The molecule has 1 saturated carbocycles. The highest BCUT2D eigenvalue weighted by Gasteiger charge is 2.27. The summed E-state index contributed by atoms with van der Waals surface area (Å²) in [5.41, 5.74) is 3.85. The smallest absolute Gasteiger partial charge is 0.269 e. The molecule has 0 aromatic carbocycles. The Labute approximate surface area is 183 Å². The minimum atomic E-state index is -0.0972. The fourth-order valence-electron chi connectivity index (χ4n) is 4.22. The van der Waals surface area contributed by atoms with E-state index in [4.69, 9.17) is 4.98 Å². The van der Waals surface area contributed by atoms with Crippen LogP contribution in [0.5, 0.6) is 0 Å². The third-order valence-electron chi connectivity index (χ3n) is 6.03. The minimum absolute atomic E-state index is 0.0972. The maximum Gasteiger partial charge on any atom is 0.269 e. The number of rotatable bonds is 6. The molecule has 3 aromatic heterocycles. The highest BCUT2D eigenvalue weighted by Crippen LogP contribution is 2.39. The van der Waals surface area contributed by atoms with Crippen LogP contribution in [-0.2, 0) is 0 Å². The van der Waals surface area contributed by atoms with Gasteiger partial charge in [0.2, 0.25) is 0 Å². The Kier molecular flexibility index (Phi) is 6.65. The first-order chi connectivity index (χ1) is 15.1. The zero-order chi connectivity index (χ0) is 21.6. The summed E-state index contributed by atoms with van der Waals surface area (Å²) in [6.07, 6.45) is 11.5. The Morgan fingerprint density at radius 2 is 1.81 bits per heavy atom. The molecule has 31 heavy (non-hydrogen) atoms. The Bertz CT molecular complexity index is 999. The minimum Gasteiger partial charge on any atom is -0.350 e. The standard InChI is InChI=1S/C25H29N5O/c1-17(2)24-28-16-21(19-10-13-26-14-11-19)23(30-24)20-8-6-18(7-9-20)15-29-25(31)22-5-3-4-12-27-22/h3-5,10-14,16-18,20H,6-9,15H2,1-2H3,(H,29,31). The van der Waals surface area contributed by atoms with Crippen LogP contribution >= 0.6 is 0 Å². The Morgan fingerprint density at radius 1 is 1.03 bits per heavy atom. The monoisotopic (exact) mass is 415 g/mol. The summed E-state index contributed by atoms with van der Waals surface area (Å²) < 4.78 is 0. The van der Waals surface area contributed by atoms with Gasteiger partial charge in [-0.1, -0.05) is 19.9 Å². The van der Waals surface area contributed by atoms with Gasteiger partial charge < -0.3 is 5.32 Å². The molecule has 1 aliphatic rings. The molecule has 6 heteroatoms. The number of carbonyl (C=O) groups is 1. The molecular weight excluding hydrogens is 386 g/mol. The number of hydrogen-bond donors (Lipinski definition) is 1. The number of nitrogens with one attached hydrogen (secondary N) is 1. The summed E-state index contributed by atoms with van der Waals surface area (Å²) in [4.78, 5) is 30.2.